The van der Waals surface area contributed by atoms with Gasteiger partial charge >= 0.3 is 22.9 Å². The fourth-order valence-electron chi connectivity index (χ4n) is 4.95. The summed E-state index contributed by atoms with van der Waals surface area (Å²) in [6.45, 7) is 0. The van der Waals surface area contributed by atoms with Crippen LogP contribution >= 0.6 is 15.8 Å². The molecule has 0 N–H and O–H groups in total. The van der Waals surface area contributed by atoms with E-state index in [4.69, 9.17) is 0 Å². The van der Waals surface area contributed by atoms with Crippen LogP contribution in [0.15, 0.2) is 194 Å². The maximum atomic E-state index is 9.97. The summed E-state index contributed by atoms with van der Waals surface area (Å²) >= 11 is 0. The first-order chi connectivity index (χ1) is 23.1. The fraction of sp³-hybridized carbons (Fsp3) is 0. The van der Waals surface area contributed by atoms with Gasteiger partial charge in [-0.3, -0.25) is 0 Å². The smallest absolute Gasteiger partial charge is 0.365 e. The molecule has 0 radical (unpaired) electrons. The Kier molecular flexibility index (Phi) is 14.5. The van der Waals surface area contributed by atoms with E-state index < -0.39 is 20.8 Å². The van der Waals surface area contributed by atoms with Gasteiger partial charge in [-0.1, -0.05) is 109 Å². The zero-order valence-electron chi connectivity index (χ0n) is 25.4. The standard InChI is InChI=1S/2C18H15P.C3H5BN3O2.Cu/c2*1-4-10-16(11-5-1)19(17-12-6-2-7-13-17)18-14-8-3-9-15-18;4-6-2-1-3(5-6)7(8)9;/h2*1-15H;1-2H,4H3;/q;;-1;+1/p+2. The van der Waals surface area contributed by atoms with Crippen molar-refractivity contribution in [2.24, 2.45) is 0 Å². The SMILES string of the molecule is [BH3-]n1ccc([N+](=O)[O-])n1.[Cu+].c1ccc([PH+](c2ccccc2)c2ccccc2)cc1.c1ccc([PH+](c2ccccc2)c2ccccc2)cc1. The van der Waals surface area contributed by atoms with Gasteiger partial charge in [0.25, 0.3) is 0 Å². The van der Waals surface area contributed by atoms with Crippen LogP contribution in [0.2, 0.25) is 0 Å². The van der Waals surface area contributed by atoms with Crippen LogP contribution < -0.4 is 31.8 Å². The van der Waals surface area contributed by atoms with Crippen molar-refractivity contribution in [3.05, 3.63) is 204 Å². The molecule has 7 rings (SSSR count). The third kappa shape index (κ3) is 10.4. The predicted octanol–water partition coefficient (Wildman–Crippen LogP) is 5.27. The maximum absolute atomic E-state index is 9.97. The van der Waals surface area contributed by atoms with Crippen LogP contribution in [0.25, 0.3) is 0 Å². The molecule has 9 heteroatoms. The summed E-state index contributed by atoms with van der Waals surface area (Å²) < 4.78 is 1.64. The summed E-state index contributed by atoms with van der Waals surface area (Å²) in [5.41, 5.74) is 0. The fourth-order valence-corrected chi connectivity index (χ4v) is 10.1. The van der Waals surface area contributed by atoms with Crippen LogP contribution in [-0.4, -0.2) is 22.6 Å². The van der Waals surface area contributed by atoms with E-state index in [1.165, 1.54) is 37.9 Å². The Morgan fingerprint density at radius 1 is 0.458 bits per heavy atom. The summed E-state index contributed by atoms with van der Waals surface area (Å²) in [4.78, 5) is 9.48. The third-order valence-corrected chi connectivity index (χ3v) is 12.5. The van der Waals surface area contributed by atoms with Crippen molar-refractivity contribution in [1.29, 1.82) is 0 Å². The van der Waals surface area contributed by atoms with Crippen molar-refractivity contribution in [1.82, 2.24) is 9.69 Å². The number of nitrogens with zero attached hydrogens (tertiary/aromatic N) is 3. The van der Waals surface area contributed by atoms with Crippen molar-refractivity contribution in [3.63, 3.8) is 0 Å². The van der Waals surface area contributed by atoms with Gasteiger partial charge in [-0.2, -0.15) is 0 Å². The first kappa shape index (κ1) is 36.2. The molecule has 242 valence electrons. The van der Waals surface area contributed by atoms with Crippen molar-refractivity contribution in [2.75, 3.05) is 0 Å². The van der Waals surface area contributed by atoms with Gasteiger partial charge in [-0.25, -0.2) is 0 Å². The van der Waals surface area contributed by atoms with E-state index >= 15 is 0 Å². The molecule has 0 atom stereocenters. The van der Waals surface area contributed by atoms with E-state index in [1.807, 2.05) is 0 Å². The Hall–Kier alpha value is -4.63. The molecule has 6 aromatic carbocycles. The van der Waals surface area contributed by atoms with Gasteiger partial charge in [0.1, 0.15) is 31.8 Å². The molecule has 0 spiro atoms. The van der Waals surface area contributed by atoms with Gasteiger partial charge in [0.15, 0.2) is 0 Å². The van der Waals surface area contributed by atoms with Gasteiger partial charge in [-0.05, 0) is 77.7 Å². The Balaban J connectivity index is 0.000000171. The molecular formula is C39H37BCuN3O2P2+2. The zero-order chi connectivity index (χ0) is 32.7. The predicted molar refractivity (Wildman–Crippen MR) is 207 cm³/mol. The Labute approximate surface area is 296 Å². The van der Waals surface area contributed by atoms with Gasteiger partial charge in [0, 0.05) is 11.3 Å². The number of hydrogen-bond acceptors (Lipinski definition) is 3. The van der Waals surface area contributed by atoms with Gasteiger partial charge in [-0.15, -0.1) is 0 Å². The van der Waals surface area contributed by atoms with Crippen molar-refractivity contribution >= 4 is 61.5 Å². The number of benzene rings is 6. The zero-order valence-corrected chi connectivity index (χ0v) is 28.4. The quantitative estimate of drug-likeness (QED) is 0.0979. The number of rotatable bonds is 7. The summed E-state index contributed by atoms with van der Waals surface area (Å²) in [5.74, 6) is -0.0509. The topological polar surface area (TPSA) is 61.0 Å². The number of hydrogen-bond donors (Lipinski definition) is 0. The molecule has 48 heavy (non-hydrogen) atoms. The maximum Gasteiger partial charge on any atom is 1.00 e. The minimum absolute atomic E-state index is 0. The number of nitro groups is 1. The van der Waals surface area contributed by atoms with E-state index in [-0.39, 0.29) is 30.9 Å². The largest absolute Gasteiger partial charge is 1.00 e. The molecule has 0 amide bonds. The van der Waals surface area contributed by atoms with Crippen LogP contribution in [0.3, 0.4) is 0 Å². The van der Waals surface area contributed by atoms with Gasteiger partial charge in [0.05, 0.1) is 29.9 Å². The molecule has 0 aliphatic carbocycles. The van der Waals surface area contributed by atoms with E-state index in [0.717, 1.165) is 0 Å². The average Bonchev–Trinajstić information content (AvgIpc) is 3.59. The van der Waals surface area contributed by atoms with Crippen LogP contribution in [0.5, 0.6) is 0 Å². The Bertz CT molecular complexity index is 1620. The molecule has 1 heterocycles. The minimum atomic E-state index is -0.877. The molecule has 0 aliphatic rings. The molecule has 1 aromatic heterocycles. The van der Waals surface area contributed by atoms with Gasteiger partial charge < -0.3 is 14.7 Å². The molecule has 5 nitrogen and oxygen atoms in total. The van der Waals surface area contributed by atoms with Crippen LogP contribution in [0.1, 0.15) is 0 Å². The second kappa shape index (κ2) is 19.3. The molecule has 0 saturated heterocycles. The summed E-state index contributed by atoms with van der Waals surface area (Å²) in [5, 5.41) is 22.2. The number of aromatic nitrogens is 2. The molecule has 0 saturated carbocycles. The molecule has 0 fully saturated rings. The summed E-state index contributed by atoms with van der Waals surface area (Å²) in [6.07, 6.45) is 1.64. The average molecular weight is 716 g/mol. The normalized spacial score (nSPS) is 10.1. The van der Waals surface area contributed by atoms with Crippen molar-refractivity contribution in [2.45, 2.75) is 0 Å². The van der Waals surface area contributed by atoms with E-state index in [9.17, 15) is 10.1 Å². The third-order valence-electron chi connectivity index (χ3n) is 7.01. The Morgan fingerprint density at radius 3 is 0.833 bits per heavy atom. The van der Waals surface area contributed by atoms with E-state index in [2.05, 4.69) is 187 Å². The van der Waals surface area contributed by atoms with Crippen LogP contribution in [-0.2, 0) is 17.1 Å². The molecule has 0 unspecified atom stereocenters. The van der Waals surface area contributed by atoms with Crippen molar-refractivity contribution < 1.29 is 22.0 Å². The molecule has 0 bridgehead atoms. The molecule has 7 aromatic rings. The summed E-state index contributed by atoms with van der Waals surface area (Å²) in [7, 11) is -1.82. The van der Waals surface area contributed by atoms with Crippen molar-refractivity contribution in [3.8, 4) is 0 Å². The second-order valence-electron chi connectivity index (χ2n) is 10.1. The Morgan fingerprint density at radius 2 is 0.688 bits per heavy atom. The molecular weight excluding hydrogens is 679 g/mol. The molecule has 0 aliphatic heterocycles. The second-order valence-corrected chi connectivity index (χ2v) is 15.1. The van der Waals surface area contributed by atoms with Crippen LogP contribution in [0, 0.1) is 10.1 Å². The van der Waals surface area contributed by atoms with E-state index in [1.54, 1.807) is 10.8 Å². The van der Waals surface area contributed by atoms with Gasteiger partial charge in [0.2, 0.25) is 0 Å². The van der Waals surface area contributed by atoms with E-state index in [0.29, 0.717) is 0 Å². The first-order valence-electron chi connectivity index (χ1n) is 14.9. The van der Waals surface area contributed by atoms with Crippen LogP contribution in [0.4, 0.5) is 5.82 Å². The monoisotopic (exact) mass is 715 g/mol. The summed E-state index contributed by atoms with van der Waals surface area (Å²) in [6, 6.07) is 66.4. The minimum Gasteiger partial charge on any atom is -0.365 e. The first-order valence-corrected chi connectivity index (χ1v) is 17.9.